The van der Waals surface area contributed by atoms with Crippen molar-refractivity contribution >= 4 is 34.3 Å². The maximum absolute atomic E-state index is 13.1. The number of rotatable bonds is 9. The minimum Gasteiger partial charge on any atom is -0.472 e. The third-order valence-corrected chi connectivity index (χ3v) is 6.37. The average Bonchev–Trinajstić information content (AvgIpc) is 3.68. The van der Waals surface area contributed by atoms with Crippen molar-refractivity contribution in [3.63, 3.8) is 0 Å². The zero-order valence-corrected chi connectivity index (χ0v) is 20.0. The minimum absolute atomic E-state index is 0.184. The van der Waals surface area contributed by atoms with Gasteiger partial charge in [0.1, 0.15) is 5.65 Å². The lowest BCUT2D eigenvalue weighted by Crippen LogP contribution is -2.24. The molecule has 9 nitrogen and oxygen atoms in total. The summed E-state index contributed by atoms with van der Waals surface area (Å²) in [6.07, 6.45) is 6.33. The lowest BCUT2D eigenvalue weighted by molar-refractivity contribution is -0.119. The topological polar surface area (TPSA) is 108 Å². The second-order valence-electron chi connectivity index (χ2n) is 8.73. The number of nitrogens with zero attached hydrogens (tertiary/aromatic N) is 2. The molecule has 9 heteroatoms. The van der Waals surface area contributed by atoms with E-state index in [4.69, 9.17) is 13.9 Å². The number of nitrogens with one attached hydrogen (secondary N) is 2. The van der Waals surface area contributed by atoms with E-state index in [2.05, 4.69) is 15.6 Å². The van der Waals surface area contributed by atoms with E-state index in [9.17, 15) is 9.59 Å². The highest BCUT2D eigenvalue weighted by Gasteiger charge is 2.29. The number of carbonyl (C=O) groups excluding carboxylic acids is 2. The molecule has 0 aliphatic carbocycles. The SMILES string of the molecule is COC(=O)c1c(NC(=O)C2CCOC2)c2cc(NCc3ccoc3)cnc2n1CCc1ccccc1. The van der Waals surface area contributed by atoms with Gasteiger partial charge in [0.15, 0.2) is 5.69 Å². The highest BCUT2D eigenvalue weighted by Crippen LogP contribution is 2.34. The molecule has 3 aromatic heterocycles. The van der Waals surface area contributed by atoms with E-state index < -0.39 is 5.97 Å². The molecule has 0 saturated carbocycles. The number of pyridine rings is 1. The molecule has 0 radical (unpaired) electrons. The number of furan rings is 1. The zero-order valence-electron chi connectivity index (χ0n) is 20.0. The van der Waals surface area contributed by atoms with Crippen LogP contribution in [0.1, 0.15) is 28.0 Å². The smallest absolute Gasteiger partial charge is 0.356 e. The third kappa shape index (κ3) is 4.96. The van der Waals surface area contributed by atoms with Gasteiger partial charge >= 0.3 is 5.97 Å². The van der Waals surface area contributed by atoms with Gasteiger partial charge in [-0.25, -0.2) is 9.78 Å². The summed E-state index contributed by atoms with van der Waals surface area (Å²) in [6.45, 7) is 1.94. The van der Waals surface area contributed by atoms with Crippen molar-refractivity contribution in [1.29, 1.82) is 0 Å². The molecule has 1 amide bonds. The number of ether oxygens (including phenoxy) is 2. The molecule has 4 heterocycles. The van der Waals surface area contributed by atoms with E-state index >= 15 is 0 Å². The fourth-order valence-electron chi connectivity index (χ4n) is 4.42. The van der Waals surface area contributed by atoms with E-state index in [1.165, 1.54) is 7.11 Å². The highest BCUT2D eigenvalue weighted by atomic mass is 16.5. The van der Waals surface area contributed by atoms with Gasteiger partial charge in [0.25, 0.3) is 0 Å². The fourth-order valence-corrected chi connectivity index (χ4v) is 4.42. The Bertz CT molecular complexity index is 1340. The number of hydrogen-bond acceptors (Lipinski definition) is 7. The Morgan fingerprint density at radius 1 is 1.19 bits per heavy atom. The van der Waals surface area contributed by atoms with Crippen LogP contribution in [0.4, 0.5) is 11.4 Å². The summed E-state index contributed by atoms with van der Waals surface area (Å²) in [5.74, 6) is -0.989. The Balaban J connectivity index is 1.55. The predicted octanol–water partition coefficient (Wildman–Crippen LogP) is 4.25. The van der Waals surface area contributed by atoms with Crippen molar-refractivity contribution in [3.8, 4) is 0 Å². The van der Waals surface area contributed by atoms with Gasteiger partial charge in [-0.15, -0.1) is 0 Å². The van der Waals surface area contributed by atoms with Gasteiger partial charge in [-0.2, -0.15) is 0 Å². The second-order valence-corrected chi connectivity index (χ2v) is 8.73. The van der Waals surface area contributed by atoms with E-state index in [1.54, 1.807) is 18.7 Å². The quantitative estimate of drug-likeness (QED) is 0.339. The molecule has 1 fully saturated rings. The first kappa shape index (κ1) is 23.6. The lowest BCUT2D eigenvalue weighted by Gasteiger charge is -2.12. The zero-order chi connectivity index (χ0) is 24.9. The van der Waals surface area contributed by atoms with Gasteiger partial charge in [-0.3, -0.25) is 4.79 Å². The average molecular weight is 489 g/mol. The van der Waals surface area contributed by atoms with Crippen LogP contribution in [0.15, 0.2) is 65.6 Å². The highest BCUT2D eigenvalue weighted by molar-refractivity contribution is 6.11. The number of fused-ring (bicyclic) bond motifs is 1. The van der Waals surface area contributed by atoms with Crippen LogP contribution in [0.5, 0.6) is 0 Å². The number of anilines is 2. The molecule has 4 aromatic rings. The van der Waals surface area contributed by atoms with Crippen LogP contribution in [0.3, 0.4) is 0 Å². The number of esters is 1. The molecular weight excluding hydrogens is 460 g/mol. The summed E-state index contributed by atoms with van der Waals surface area (Å²) < 4.78 is 17.5. The molecule has 1 unspecified atom stereocenters. The van der Waals surface area contributed by atoms with Crippen LogP contribution in [0.25, 0.3) is 11.0 Å². The molecule has 1 aromatic carbocycles. The van der Waals surface area contributed by atoms with Gasteiger partial charge in [-0.05, 0) is 30.5 Å². The van der Waals surface area contributed by atoms with Gasteiger partial charge < -0.3 is 29.1 Å². The monoisotopic (exact) mass is 488 g/mol. The molecular formula is C27H28N4O5. The second kappa shape index (κ2) is 10.7. The normalized spacial score (nSPS) is 15.2. The Labute approximate surface area is 208 Å². The van der Waals surface area contributed by atoms with Crippen molar-refractivity contribution < 1.29 is 23.5 Å². The number of benzene rings is 1. The molecule has 5 rings (SSSR count). The van der Waals surface area contributed by atoms with Crippen molar-refractivity contribution in [3.05, 3.63) is 78.0 Å². The van der Waals surface area contributed by atoms with Crippen LogP contribution in [-0.4, -0.2) is 41.8 Å². The number of hydrogen-bond donors (Lipinski definition) is 2. The number of aromatic nitrogens is 2. The summed E-state index contributed by atoms with van der Waals surface area (Å²) in [5, 5.41) is 6.99. The van der Waals surface area contributed by atoms with Crippen LogP contribution in [0.2, 0.25) is 0 Å². The first-order valence-corrected chi connectivity index (χ1v) is 11.9. The number of methoxy groups -OCH3 is 1. The summed E-state index contributed by atoms with van der Waals surface area (Å²) in [5.41, 5.74) is 4.14. The van der Waals surface area contributed by atoms with Crippen LogP contribution >= 0.6 is 0 Å². The van der Waals surface area contributed by atoms with Crippen molar-refractivity contribution in [2.75, 3.05) is 31.0 Å². The Kier molecular flexibility index (Phi) is 6.99. The van der Waals surface area contributed by atoms with Gasteiger partial charge in [0.05, 0.1) is 49.7 Å². The molecule has 1 aliphatic rings. The van der Waals surface area contributed by atoms with Crippen molar-refractivity contribution in [2.45, 2.75) is 25.9 Å². The predicted molar refractivity (Wildman–Crippen MR) is 135 cm³/mol. The van der Waals surface area contributed by atoms with Gasteiger partial charge in [0, 0.05) is 30.6 Å². The van der Waals surface area contributed by atoms with E-state index in [-0.39, 0.29) is 17.5 Å². The summed E-state index contributed by atoms with van der Waals surface area (Å²) >= 11 is 0. The van der Waals surface area contributed by atoms with Crippen LogP contribution < -0.4 is 10.6 Å². The number of aryl methyl sites for hydroxylation is 2. The Morgan fingerprint density at radius 2 is 2.06 bits per heavy atom. The van der Waals surface area contributed by atoms with E-state index in [0.29, 0.717) is 55.9 Å². The van der Waals surface area contributed by atoms with Gasteiger partial charge in [0.2, 0.25) is 5.91 Å². The molecule has 0 bridgehead atoms. The Morgan fingerprint density at radius 3 is 2.78 bits per heavy atom. The van der Waals surface area contributed by atoms with E-state index in [1.807, 2.05) is 47.0 Å². The summed E-state index contributed by atoms with van der Waals surface area (Å²) in [7, 11) is 1.34. The molecule has 0 spiro atoms. The molecule has 186 valence electrons. The molecule has 1 aliphatic heterocycles. The maximum atomic E-state index is 13.1. The first-order valence-electron chi connectivity index (χ1n) is 11.9. The van der Waals surface area contributed by atoms with Crippen LogP contribution in [-0.2, 0) is 33.8 Å². The molecule has 2 N–H and O–H groups in total. The molecule has 1 saturated heterocycles. The van der Waals surface area contributed by atoms with Crippen molar-refractivity contribution in [2.24, 2.45) is 5.92 Å². The standard InChI is InChI=1S/C27H28N4O5/c1-34-27(33)24-23(30-26(32)20-9-12-36-17-20)22-13-21(28-14-19-8-11-35-16-19)15-29-25(22)31(24)10-7-18-5-3-2-4-6-18/h2-6,8,11,13,15-16,20,28H,7,9-10,12,14,17H2,1H3,(H,30,32). The largest absolute Gasteiger partial charge is 0.472 e. The molecule has 1 atom stereocenters. The number of carbonyl (C=O) groups is 2. The summed E-state index contributed by atoms with van der Waals surface area (Å²) in [6, 6.07) is 13.8. The number of amides is 1. The van der Waals surface area contributed by atoms with Gasteiger partial charge in [-0.1, -0.05) is 30.3 Å². The summed E-state index contributed by atoms with van der Waals surface area (Å²) in [4.78, 5) is 30.8. The molecule has 36 heavy (non-hydrogen) atoms. The minimum atomic E-state index is -0.535. The lowest BCUT2D eigenvalue weighted by atomic mass is 10.1. The first-order chi connectivity index (χ1) is 17.6. The third-order valence-electron chi connectivity index (χ3n) is 6.37. The van der Waals surface area contributed by atoms with Crippen LogP contribution in [0, 0.1) is 5.92 Å². The fraction of sp³-hybridized carbons (Fsp3) is 0.296. The van der Waals surface area contributed by atoms with Crippen molar-refractivity contribution in [1.82, 2.24) is 9.55 Å². The van der Waals surface area contributed by atoms with E-state index in [0.717, 1.165) is 16.8 Å². The maximum Gasteiger partial charge on any atom is 0.356 e. The Hall–Kier alpha value is -4.11.